The fraction of sp³-hybridized carbons (Fsp3) is 0. The van der Waals surface area contributed by atoms with Crippen molar-refractivity contribution in [2.45, 2.75) is 0 Å². The zero-order valence-corrected chi connectivity index (χ0v) is 7.86. The maximum atomic E-state index is 8.89. The molecule has 0 aliphatic carbocycles. The average Bonchev–Trinajstić information content (AvgIpc) is 0.722. The van der Waals surface area contributed by atoms with E-state index < -0.39 is 9.15 Å². The molecule has 0 N–H and O–H groups in total. The van der Waals surface area contributed by atoms with Gasteiger partial charge in [-0.3, -0.25) is 8.42 Å². The minimum atomic E-state index is -4.33. The van der Waals surface area contributed by atoms with Gasteiger partial charge in [0.2, 0.25) is 0 Å². The van der Waals surface area contributed by atoms with Crippen molar-refractivity contribution in [3.8, 4) is 0 Å². The van der Waals surface area contributed by atoms with Crippen molar-refractivity contribution in [1.29, 1.82) is 0 Å². The van der Waals surface area contributed by atoms with Gasteiger partial charge in [-0.1, -0.05) is 0 Å². The van der Waals surface area contributed by atoms with Gasteiger partial charge in [-0.2, -0.15) is 0 Å². The van der Waals surface area contributed by atoms with Crippen molar-refractivity contribution >= 4 is 66.3 Å². The summed E-state index contributed by atoms with van der Waals surface area (Å²) in [6.07, 6.45) is 0. The molecular formula is O3S2Sr. The maximum absolute atomic E-state index is 8.89. The molecule has 0 rings (SSSR count). The Kier molecular flexibility index (Phi) is 6.59. The summed E-state index contributed by atoms with van der Waals surface area (Å²) in [5.74, 6) is 0. The molecular weight excluding hydrogens is 200 g/mol. The SMILES string of the molecule is O=S(=O)([O-])[S-].[Sr+2]. The van der Waals surface area contributed by atoms with Gasteiger partial charge in [-0.15, -0.1) is 0 Å². The van der Waals surface area contributed by atoms with Crippen molar-refractivity contribution in [3.05, 3.63) is 0 Å². The van der Waals surface area contributed by atoms with Crippen LogP contribution in [0.4, 0.5) is 0 Å². The molecule has 32 valence electrons. The van der Waals surface area contributed by atoms with Crippen LogP contribution in [0, 0.1) is 0 Å². The molecule has 0 aromatic carbocycles. The minimum Gasteiger partial charge on any atom is -0.768 e. The molecule has 3 nitrogen and oxygen atoms in total. The van der Waals surface area contributed by atoms with Gasteiger partial charge in [-0.25, -0.2) is 0 Å². The molecule has 0 radical (unpaired) electrons. The van der Waals surface area contributed by atoms with Crippen molar-refractivity contribution < 1.29 is 13.0 Å². The minimum absolute atomic E-state index is 0. The molecule has 0 fully saturated rings. The van der Waals surface area contributed by atoms with E-state index in [-0.39, 0.29) is 45.5 Å². The van der Waals surface area contributed by atoms with Crippen LogP contribution in [0.15, 0.2) is 0 Å². The molecule has 0 saturated heterocycles. The van der Waals surface area contributed by atoms with Crippen LogP contribution in [0.1, 0.15) is 0 Å². The van der Waals surface area contributed by atoms with E-state index in [1.165, 1.54) is 0 Å². The van der Waals surface area contributed by atoms with Crippen molar-refractivity contribution in [2.24, 2.45) is 0 Å². The van der Waals surface area contributed by atoms with E-state index in [0.29, 0.717) is 0 Å². The molecule has 0 spiro atoms. The fourth-order valence-corrected chi connectivity index (χ4v) is 0. The largest absolute Gasteiger partial charge is 2.00 e. The first-order chi connectivity index (χ1) is 2.00. The van der Waals surface area contributed by atoms with Crippen molar-refractivity contribution in [2.75, 3.05) is 0 Å². The molecule has 0 aromatic rings. The van der Waals surface area contributed by atoms with Crippen LogP contribution >= 0.6 is 0 Å². The van der Waals surface area contributed by atoms with E-state index in [1.807, 2.05) is 0 Å². The Morgan fingerprint density at radius 2 is 1.50 bits per heavy atom. The third-order valence-electron chi connectivity index (χ3n) is 0. The van der Waals surface area contributed by atoms with Gasteiger partial charge in [0.15, 0.2) is 0 Å². The standard InChI is InChI=1S/H2O3S2.Sr/c1-5(2,3)4;/h(H2,1,2,3,4);/q;+2/p-2. The second kappa shape index (κ2) is 3.71. The molecule has 0 bridgehead atoms. The third-order valence-corrected chi connectivity index (χ3v) is 0. The van der Waals surface area contributed by atoms with Gasteiger partial charge in [-0.05, 0) is 9.15 Å². The van der Waals surface area contributed by atoms with Crippen LogP contribution in [-0.2, 0) is 20.8 Å². The molecule has 6 heavy (non-hydrogen) atoms. The molecule has 0 heterocycles. The third kappa shape index (κ3) is 42.6. The van der Waals surface area contributed by atoms with E-state index in [9.17, 15) is 0 Å². The monoisotopic (exact) mass is 200 g/mol. The molecule has 0 unspecified atom stereocenters. The Labute approximate surface area is 77.9 Å². The normalized spacial score (nSPS) is 9.67. The summed E-state index contributed by atoms with van der Waals surface area (Å²) in [5.41, 5.74) is 0. The second-order valence-electron chi connectivity index (χ2n) is 0.408. The molecule has 0 aromatic heterocycles. The second-order valence-corrected chi connectivity index (χ2v) is 2.45. The first-order valence-corrected chi connectivity index (χ1v) is 3.00. The maximum Gasteiger partial charge on any atom is 2.00 e. The van der Waals surface area contributed by atoms with Gasteiger partial charge < -0.3 is 16.2 Å². The van der Waals surface area contributed by atoms with Gasteiger partial charge >= 0.3 is 45.5 Å². The molecule has 0 aliphatic heterocycles. The molecule has 0 amide bonds. The summed E-state index contributed by atoms with van der Waals surface area (Å²) in [5, 5.41) is 0. The summed E-state index contributed by atoms with van der Waals surface area (Å²) in [6, 6.07) is 0. The van der Waals surface area contributed by atoms with Crippen molar-refractivity contribution in [1.82, 2.24) is 0 Å². The number of hydrogen-bond donors (Lipinski definition) is 0. The summed E-state index contributed by atoms with van der Waals surface area (Å²) >= 11 is 3.24. The Bertz CT molecular complexity index is 92.0. The van der Waals surface area contributed by atoms with Crippen LogP contribution in [0.3, 0.4) is 0 Å². The van der Waals surface area contributed by atoms with Gasteiger partial charge in [0.05, 0.1) is 0 Å². The first-order valence-electron chi connectivity index (χ1n) is 0.667. The van der Waals surface area contributed by atoms with E-state index in [2.05, 4.69) is 11.7 Å². The Balaban J connectivity index is 0. The average molecular weight is 200 g/mol. The Hall–Kier alpha value is 1.74. The molecule has 6 heteroatoms. The number of hydrogen-bond acceptors (Lipinski definition) is 4. The summed E-state index contributed by atoms with van der Waals surface area (Å²) in [6.45, 7) is 0. The van der Waals surface area contributed by atoms with Crippen LogP contribution in [0.5, 0.6) is 0 Å². The van der Waals surface area contributed by atoms with Gasteiger partial charge in [0.1, 0.15) is 0 Å². The summed E-state index contributed by atoms with van der Waals surface area (Å²) in [4.78, 5) is 0. The molecule has 0 atom stereocenters. The topological polar surface area (TPSA) is 57.2 Å². The first kappa shape index (κ1) is 10.7. The van der Waals surface area contributed by atoms with Crippen LogP contribution in [0.25, 0.3) is 0 Å². The predicted octanol–water partition coefficient (Wildman–Crippen LogP) is -1.39. The summed E-state index contributed by atoms with van der Waals surface area (Å²) < 4.78 is 26.7. The zero-order chi connectivity index (χ0) is 4.50. The predicted molar refractivity (Wildman–Crippen MR) is 22.8 cm³/mol. The quantitative estimate of drug-likeness (QED) is 0.209. The van der Waals surface area contributed by atoms with E-state index in [1.54, 1.807) is 0 Å². The smallest absolute Gasteiger partial charge is 0.768 e. The number of rotatable bonds is 0. The van der Waals surface area contributed by atoms with E-state index in [4.69, 9.17) is 13.0 Å². The zero-order valence-electron chi connectivity index (χ0n) is 2.75. The van der Waals surface area contributed by atoms with Crippen LogP contribution < -0.4 is 0 Å². The Morgan fingerprint density at radius 1 is 1.50 bits per heavy atom. The van der Waals surface area contributed by atoms with Crippen LogP contribution in [-0.4, -0.2) is 58.5 Å². The van der Waals surface area contributed by atoms with E-state index >= 15 is 0 Å². The van der Waals surface area contributed by atoms with Gasteiger partial charge in [0, 0.05) is 0 Å². The fourth-order valence-electron chi connectivity index (χ4n) is 0. The molecule has 0 aliphatic rings. The molecule has 0 saturated carbocycles. The van der Waals surface area contributed by atoms with Gasteiger partial charge in [0.25, 0.3) is 0 Å². The summed E-state index contributed by atoms with van der Waals surface area (Å²) in [7, 11) is -4.33. The van der Waals surface area contributed by atoms with Crippen LogP contribution in [0.2, 0.25) is 0 Å². The van der Waals surface area contributed by atoms with Crippen molar-refractivity contribution in [3.63, 3.8) is 0 Å². The van der Waals surface area contributed by atoms with E-state index in [0.717, 1.165) is 0 Å². The Morgan fingerprint density at radius 3 is 1.50 bits per heavy atom.